The summed E-state index contributed by atoms with van der Waals surface area (Å²) in [5.74, 6) is -0.512. The summed E-state index contributed by atoms with van der Waals surface area (Å²) < 4.78 is 24.7. The Morgan fingerprint density at radius 2 is 2.33 bits per heavy atom. The van der Waals surface area contributed by atoms with E-state index in [-0.39, 0.29) is 6.42 Å². The molecule has 0 fully saturated rings. The van der Waals surface area contributed by atoms with Gasteiger partial charge in [-0.25, -0.2) is 4.39 Å². The highest BCUT2D eigenvalue weighted by molar-refractivity contribution is 6.16. The van der Waals surface area contributed by atoms with Gasteiger partial charge in [0.05, 0.1) is 5.57 Å². The third-order valence-corrected chi connectivity index (χ3v) is 1.09. The fraction of sp³-hybridized carbons (Fsp3) is 0.333. The largest absolute Gasteiger partial charge is 0.250 e. The summed E-state index contributed by atoms with van der Waals surface area (Å²) in [6, 6.07) is 0. The van der Waals surface area contributed by atoms with Gasteiger partial charge in [-0.2, -0.15) is 0 Å². The topological polar surface area (TPSA) is 0 Å². The van der Waals surface area contributed by atoms with E-state index < -0.39 is 11.4 Å². The molecule has 0 aromatic heterocycles. The van der Waals surface area contributed by atoms with Crippen LogP contribution >= 0.6 is 0 Å². The average Bonchev–Trinajstić information content (AvgIpc) is 1.60. The molecular formula is C6H5BF2. The lowest BCUT2D eigenvalue weighted by Gasteiger charge is -2.16. The summed E-state index contributed by atoms with van der Waals surface area (Å²) in [7, 11) is 4.93. The van der Waals surface area contributed by atoms with Crippen LogP contribution in [0.15, 0.2) is 24.1 Å². The molecule has 1 aliphatic rings. The second-order valence-electron chi connectivity index (χ2n) is 2.08. The number of hydrogen-bond acceptors (Lipinski definition) is 0. The minimum atomic E-state index is -1.97. The van der Waals surface area contributed by atoms with E-state index in [1.807, 2.05) is 0 Å². The minimum absolute atomic E-state index is 0.344. The van der Waals surface area contributed by atoms with Crippen LogP contribution in [0.5, 0.6) is 0 Å². The Morgan fingerprint density at radius 3 is 2.67 bits per heavy atom. The Balaban J connectivity index is 2.73. The molecule has 0 nitrogen and oxygen atoms in total. The van der Waals surface area contributed by atoms with E-state index in [4.69, 9.17) is 7.85 Å². The number of alkyl halides is 1. The molecule has 0 spiro atoms. The summed E-state index contributed by atoms with van der Waals surface area (Å²) in [6.45, 7) is 0. The molecule has 3 heteroatoms. The molecule has 0 aromatic rings. The van der Waals surface area contributed by atoms with E-state index in [0.717, 1.165) is 6.08 Å². The fourth-order valence-electron chi connectivity index (χ4n) is 0.689. The van der Waals surface area contributed by atoms with Crippen molar-refractivity contribution in [2.45, 2.75) is 12.0 Å². The number of rotatable bonds is 0. The van der Waals surface area contributed by atoms with Crippen molar-refractivity contribution in [2.24, 2.45) is 0 Å². The maximum atomic E-state index is 12.5. The second kappa shape index (κ2) is 1.97. The summed E-state index contributed by atoms with van der Waals surface area (Å²) in [4.78, 5) is 0. The van der Waals surface area contributed by atoms with Crippen LogP contribution in [0.4, 0.5) is 8.78 Å². The van der Waals surface area contributed by atoms with Gasteiger partial charge in [-0.1, -0.05) is 12.2 Å². The van der Waals surface area contributed by atoms with Gasteiger partial charge in [0.1, 0.15) is 13.7 Å². The molecule has 0 saturated carbocycles. The molecular weight excluding hydrogens is 121 g/mol. The summed E-state index contributed by atoms with van der Waals surface area (Å²) in [6.07, 6.45) is 3.27. The molecule has 1 aliphatic carbocycles. The monoisotopic (exact) mass is 126 g/mol. The molecule has 9 heavy (non-hydrogen) atoms. The highest BCUT2D eigenvalue weighted by Gasteiger charge is 2.22. The van der Waals surface area contributed by atoms with Crippen molar-refractivity contribution in [1.29, 1.82) is 0 Å². The summed E-state index contributed by atoms with van der Waals surface area (Å²) >= 11 is 0. The zero-order chi connectivity index (χ0) is 6.91. The standard InChI is InChI=1S/C6H5BF2/c7-6(9)3-1-2-5(8)4-6/h1-3H,4H2. The molecule has 0 aliphatic heterocycles. The van der Waals surface area contributed by atoms with E-state index in [9.17, 15) is 8.78 Å². The van der Waals surface area contributed by atoms with Crippen LogP contribution in [-0.2, 0) is 0 Å². The molecule has 0 saturated heterocycles. The van der Waals surface area contributed by atoms with E-state index >= 15 is 0 Å². The Kier molecular flexibility index (Phi) is 1.43. The van der Waals surface area contributed by atoms with Gasteiger partial charge in [0, 0.05) is 6.42 Å². The van der Waals surface area contributed by atoms with Crippen molar-refractivity contribution < 1.29 is 8.78 Å². The predicted molar refractivity (Wildman–Crippen MR) is 32.5 cm³/mol. The molecule has 0 heterocycles. The lowest BCUT2D eigenvalue weighted by atomic mass is 9.78. The normalized spacial score (nSPS) is 34.2. The zero-order valence-electron chi connectivity index (χ0n) is 4.77. The first kappa shape index (κ1) is 6.52. The minimum Gasteiger partial charge on any atom is -0.250 e. The van der Waals surface area contributed by atoms with Crippen LogP contribution in [0.3, 0.4) is 0 Å². The van der Waals surface area contributed by atoms with E-state index in [0.29, 0.717) is 0 Å². The molecule has 0 aromatic carbocycles. The van der Waals surface area contributed by atoms with Crippen molar-refractivity contribution in [3.05, 3.63) is 24.1 Å². The van der Waals surface area contributed by atoms with Gasteiger partial charge in [-0.05, 0) is 6.08 Å². The van der Waals surface area contributed by atoms with E-state index in [1.54, 1.807) is 0 Å². The van der Waals surface area contributed by atoms with Crippen molar-refractivity contribution in [3.63, 3.8) is 0 Å². The van der Waals surface area contributed by atoms with Gasteiger partial charge in [-0.3, -0.25) is 4.39 Å². The average molecular weight is 126 g/mol. The van der Waals surface area contributed by atoms with Crippen LogP contribution < -0.4 is 0 Å². The first-order valence-electron chi connectivity index (χ1n) is 2.62. The summed E-state index contributed by atoms with van der Waals surface area (Å²) in [5.41, 5.74) is -1.97. The molecule has 1 unspecified atom stereocenters. The SMILES string of the molecule is [B]C1(F)C=CC=C(F)C1. The lowest BCUT2D eigenvalue weighted by molar-refractivity contribution is 0.319. The first-order valence-corrected chi connectivity index (χ1v) is 2.62. The Labute approximate surface area is 53.7 Å². The smallest absolute Gasteiger partial charge is 0.127 e. The van der Waals surface area contributed by atoms with Crippen LogP contribution in [0, 0.1) is 0 Å². The van der Waals surface area contributed by atoms with Crippen LogP contribution in [-0.4, -0.2) is 13.4 Å². The maximum Gasteiger partial charge on any atom is 0.127 e. The van der Waals surface area contributed by atoms with Crippen molar-refractivity contribution in [3.8, 4) is 0 Å². The third-order valence-electron chi connectivity index (χ3n) is 1.09. The number of halogens is 2. The van der Waals surface area contributed by atoms with Gasteiger partial charge in [0.2, 0.25) is 0 Å². The molecule has 2 radical (unpaired) electrons. The van der Waals surface area contributed by atoms with Gasteiger partial charge in [-0.15, -0.1) is 0 Å². The van der Waals surface area contributed by atoms with Gasteiger partial charge >= 0.3 is 0 Å². The quantitative estimate of drug-likeness (QED) is 0.432. The molecule has 1 atom stereocenters. The molecule has 0 bridgehead atoms. The van der Waals surface area contributed by atoms with Crippen molar-refractivity contribution >= 4 is 7.85 Å². The second-order valence-corrected chi connectivity index (χ2v) is 2.08. The molecule has 0 amide bonds. The fourth-order valence-corrected chi connectivity index (χ4v) is 0.689. The van der Waals surface area contributed by atoms with E-state index in [2.05, 4.69) is 0 Å². The Morgan fingerprint density at radius 1 is 1.67 bits per heavy atom. The van der Waals surface area contributed by atoms with Crippen LogP contribution in [0.1, 0.15) is 6.42 Å². The van der Waals surface area contributed by atoms with E-state index in [1.165, 1.54) is 12.2 Å². The number of hydrogen-bond donors (Lipinski definition) is 0. The van der Waals surface area contributed by atoms with Crippen LogP contribution in [0.25, 0.3) is 0 Å². The highest BCUT2D eigenvalue weighted by atomic mass is 19.1. The number of allylic oxidation sites excluding steroid dienone is 4. The predicted octanol–water partition coefficient (Wildman–Crippen LogP) is 1.63. The lowest BCUT2D eigenvalue weighted by Crippen LogP contribution is -2.21. The highest BCUT2D eigenvalue weighted by Crippen LogP contribution is 2.23. The molecule has 0 N–H and O–H groups in total. The van der Waals surface area contributed by atoms with Gasteiger partial charge < -0.3 is 0 Å². The van der Waals surface area contributed by atoms with Gasteiger partial charge in [0.15, 0.2) is 0 Å². The maximum absolute atomic E-state index is 12.5. The Hall–Kier alpha value is -0.595. The van der Waals surface area contributed by atoms with Crippen molar-refractivity contribution in [2.75, 3.05) is 0 Å². The Bertz CT molecular complexity index is 170. The zero-order valence-corrected chi connectivity index (χ0v) is 4.77. The van der Waals surface area contributed by atoms with Crippen molar-refractivity contribution in [1.82, 2.24) is 0 Å². The molecule has 46 valence electrons. The molecule has 1 rings (SSSR count). The third kappa shape index (κ3) is 1.66. The van der Waals surface area contributed by atoms with Crippen LogP contribution in [0.2, 0.25) is 0 Å². The summed E-state index contributed by atoms with van der Waals surface area (Å²) in [5, 5.41) is 0. The first-order chi connectivity index (χ1) is 4.10. The van der Waals surface area contributed by atoms with Gasteiger partial charge in [0.25, 0.3) is 0 Å².